The van der Waals surface area contributed by atoms with E-state index in [4.69, 9.17) is 18.5 Å². The molecule has 0 rings (SSSR count). The number of carbonyl (C=O) groups excluding carboxylic acids is 2. The van der Waals surface area contributed by atoms with Gasteiger partial charge in [-0.15, -0.1) is 0 Å². The van der Waals surface area contributed by atoms with Gasteiger partial charge in [0.2, 0.25) is 0 Å². The summed E-state index contributed by atoms with van der Waals surface area (Å²) in [5, 5.41) is 19.0. The van der Waals surface area contributed by atoms with Gasteiger partial charge in [0.05, 0.1) is 26.4 Å². The van der Waals surface area contributed by atoms with Gasteiger partial charge in [0.1, 0.15) is 12.2 Å². The molecule has 0 saturated carbocycles. The van der Waals surface area contributed by atoms with Crippen molar-refractivity contribution in [3.05, 3.63) is 36.5 Å². The normalized spacial score (nSPS) is 14.6. The van der Waals surface area contributed by atoms with E-state index >= 15 is 0 Å². The van der Waals surface area contributed by atoms with E-state index in [0.29, 0.717) is 12.8 Å². The summed E-state index contributed by atoms with van der Waals surface area (Å²) in [6.45, 7) is 2.04. The van der Waals surface area contributed by atoms with Crippen molar-refractivity contribution in [2.45, 2.75) is 154 Å². The quantitative estimate of drug-likeness (QED) is 0.0265. The Morgan fingerprint density at radius 3 is 1.43 bits per heavy atom. The zero-order chi connectivity index (χ0) is 34.9. The number of phosphoric acid groups is 1. The lowest BCUT2D eigenvalue weighted by molar-refractivity contribution is -0.153. The van der Waals surface area contributed by atoms with Crippen LogP contribution in [0.15, 0.2) is 36.5 Å². The highest BCUT2D eigenvalue weighted by Crippen LogP contribution is 2.43. The molecule has 274 valence electrons. The van der Waals surface area contributed by atoms with Gasteiger partial charge >= 0.3 is 19.8 Å². The smallest absolute Gasteiger partial charge is 0.457 e. The van der Waals surface area contributed by atoms with Crippen molar-refractivity contribution < 1.29 is 47.8 Å². The number of allylic oxidation sites excluding steroid dienone is 6. The van der Waals surface area contributed by atoms with Gasteiger partial charge in [-0.25, -0.2) is 4.57 Å². The van der Waals surface area contributed by atoms with Gasteiger partial charge in [0.25, 0.3) is 0 Å². The van der Waals surface area contributed by atoms with E-state index in [2.05, 4.69) is 50.3 Å². The van der Waals surface area contributed by atoms with E-state index in [1.807, 2.05) is 0 Å². The molecule has 0 aromatic rings. The molecule has 0 saturated heterocycles. The van der Waals surface area contributed by atoms with E-state index in [1.165, 1.54) is 12.8 Å². The SMILES string of the molecule is CCC/C=C\CCCCCCCC(=O)OC(CO)COP(=O)(O)OCC(CO)OC(=O)CCCCCCC/C=C\C/C=C\CCCC. The highest BCUT2D eigenvalue weighted by Gasteiger charge is 2.27. The molecule has 47 heavy (non-hydrogen) atoms. The van der Waals surface area contributed by atoms with Crippen molar-refractivity contribution in [2.75, 3.05) is 26.4 Å². The van der Waals surface area contributed by atoms with Gasteiger partial charge in [-0.1, -0.05) is 108 Å². The van der Waals surface area contributed by atoms with Crippen LogP contribution < -0.4 is 0 Å². The zero-order valence-electron chi connectivity index (χ0n) is 29.2. The van der Waals surface area contributed by atoms with Crippen LogP contribution in [0.1, 0.15) is 142 Å². The third kappa shape index (κ3) is 31.2. The molecular formula is C36H65O10P. The summed E-state index contributed by atoms with van der Waals surface area (Å²) in [6.07, 6.45) is 29.9. The fourth-order valence-corrected chi connectivity index (χ4v) is 5.27. The third-order valence-corrected chi connectivity index (χ3v) is 8.26. The molecule has 0 aliphatic rings. The van der Waals surface area contributed by atoms with Crippen LogP contribution in [0.2, 0.25) is 0 Å². The van der Waals surface area contributed by atoms with Crippen LogP contribution in [-0.4, -0.2) is 65.7 Å². The second-order valence-electron chi connectivity index (χ2n) is 11.8. The molecular weight excluding hydrogens is 623 g/mol. The first kappa shape index (κ1) is 45.2. The number of carbonyl (C=O) groups is 2. The van der Waals surface area contributed by atoms with Crippen LogP contribution in [0.25, 0.3) is 0 Å². The van der Waals surface area contributed by atoms with Gasteiger partial charge in [0.15, 0.2) is 0 Å². The number of hydrogen-bond donors (Lipinski definition) is 3. The predicted octanol–water partition coefficient (Wildman–Crippen LogP) is 8.44. The van der Waals surface area contributed by atoms with Gasteiger partial charge < -0.3 is 24.6 Å². The van der Waals surface area contributed by atoms with Gasteiger partial charge in [-0.05, 0) is 57.8 Å². The topological polar surface area (TPSA) is 149 Å². The largest absolute Gasteiger partial charge is 0.472 e. The van der Waals surface area contributed by atoms with Gasteiger partial charge in [0, 0.05) is 12.8 Å². The van der Waals surface area contributed by atoms with Crippen LogP contribution in [0.5, 0.6) is 0 Å². The van der Waals surface area contributed by atoms with Crippen molar-refractivity contribution in [1.82, 2.24) is 0 Å². The molecule has 3 N–H and O–H groups in total. The highest BCUT2D eigenvalue weighted by atomic mass is 31.2. The monoisotopic (exact) mass is 688 g/mol. The number of rotatable bonds is 33. The maximum atomic E-state index is 12.3. The number of aliphatic hydroxyl groups excluding tert-OH is 2. The van der Waals surface area contributed by atoms with Crippen LogP contribution in [0.4, 0.5) is 0 Å². The standard InChI is InChI=1S/C36H65O10P/c1-3-5-7-9-11-13-15-16-17-18-20-22-24-26-28-36(40)46-34(30-38)32-44-47(41,42)43-31-33(29-37)45-35(39)27-25-23-21-19-14-12-10-8-6-4-2/h8-11,15-16,33-34,37-38H,3-7,12-14,17-32H2,1-2H3,(H,41,42)/b10-8-,11-9-,16-15-. The second kappa shape index (κ2) is 32.7. The minimum atomic E-state index is -4.63. The molecule has 3 unspecified atom stereocenters. The Kier molecular flexibility index (Phi) is 31.5. The summed E-state index contributed by atoms with van der Waals surface area (Å²) >= 11 is 0. The van der Waals surface area contributed by atoms with Crippen molar-refractivity contribution in [1.29, 1.82) is 0 Å². The number of unbranched alkanes of at least 4 members (excludes halogenated alkanes) is 13. The van der Waals surface area contributed by atoms with Crippen LogP contribution in [0, 0.1) is 0 Å². The van der Waals surface area contributed by atoms with Gasteiger partial charge in [-0.2, -0.15) is 0 Å². The molecule has 10 nitrogen and oxygen atoms in total. The van der Waals surface area contributed by atoms with E-state index in [-0.39, 0.29) is 12.8 Å². The highest BCUT2D eigenvalue weighted by molar-refractivity contribution is 7.47. The first-order chi connectivity index (χ1) is 22.8. The zero-order valence-corrected chi connectivity index (χ0v) is 30.1. The lowest BCUT2D eigenvalue weighted by atomic mass is 10.1. The molecule has 0 aliphatic heterocycles. The number of ether oxygens (including phenoxy) is 2. The minimum Gasteiger partial charge on any atom is -0.457 e. The molecule has 11 heteroatoms. The molecule has 0 spiro atoms. The van der Waals surface area contributed by atoms with Gasteiger partial charge in [-0.3, -0.25) is 18.6 Å². The Balaban J connectivity index is 4.04. The number of esters is 2. The van der Waals surface area contributed by atoms with E-state index in [1.54, 1.807) is 0 Å². The average Bonchev–Trinajstić information content (AvgIpc) is 3.05. The molecule has 0 aromatic heterocycles. The minimum absolute atomic E-state index is 0.175. The molecule has 0 bridgehead atoms. The van der Waals surface area contributed by atoms with Crippen molar-refractivity contribution >= 4 is 19.8 Å². The number of phosphoric ester groups is 1. The van der Waals surface area contributed by atoms with Crippen LogP contribution in [-0.2, 0) is 32.7 Å². The fourth-order valence-electron chi connectivity index (χ4n) is 4.48. The molecule has 0 fully saturated rings. The lowest BCUT2D eigenvalue weighted by Gasteiger charge is -2.20. The van der Waals surface area contributed by atoms with E-state index < -0.39 is 58.4 Å². The van der Waals surface area contributed by atoms with Crippen LogP contribution >= 0.6 is 7.82 Å². The Labute approximate surface area is 284 Å². The molecule has 0 radical (unpaired) electrons. The second-order valence-corrected chi connectivity index (χ2v) is 13.3. The third-order valence-electron chi connectivity index (χ3n) is 7.31. The van der Waals surface area contributed by atoms with Crippen molar-refractivity contribution in [3.8, 4) is 0 Å². The maximum Gasteiger partial charge on any atom is 0.472 e. The molecule has 3 atom stereocenters. The Morgan fingerprint density at radius 2 is 0.979 bits per heavy atom. The Hall–Kier alpha value is -1.81. The van der Waals surface area contributed by atoms with Crippen LogP contribution in [0.3, 0.4) is 0 Å². The number of aliphatic hydroxyl groups is 2. The predicted molar refractivity (Wildman–Crippen MR) is 187 cm³/mol. The van der Waals surface area contributed by atoms with E-state index in [9.17, 15) is 29.3 Å². The summed E-state index contributed by atoms with van der Waals surface area (Å²) in [5.74, 6) is -1.05. The summed E-state index contributed by atoms with van der Waals surface area (Å²) in [6, 6.07) is 0. The molecule has 0 aromatic carbocycles. The summed E-state index contributed by atoms with van der Waals surface area (Å²) < 4.78 is 32.3. The van der Waals surface area contributed by atoms with E-state index in [0.717, 1.165) is 89.9 Å². The first-order valence-electron chi connectivity index (χ1n) is 17.9. The average molecular weight is 689 g/mol. The van der Waals surface area contributed by atoms with Crippen molar-refractivity contribution in [3.63, 3.8) is 0 Å². The summed E-state index contributed by atoms with van der Waals surface area (Å²) in [4.78, 5) is 34.2. The Morgan fingerprint density at radius 1 is 0.574 bits per heavy atom. The maximum absolute atomic E-state index is 12.3. The first-order valence-corrected chi connectivity index (χ1v) is 19.4. The number of hydrogen-bond acceptors (Lipinski definition) is 9. The summed E-state index contributed by atoms with van der Waals surface area (Å²) in [5.41, 5.74) is 0. The van der Waals surface area contributed by atoms with Crippen molar-refractivity contribution in [2.24, 2.45) is 0 Å². The fraction of sp³-hybridized carbons (Fsp3) is 0.778. The lowest BCUT2D eigenvalue weighted by Crippen LogP contribution is -2.28. The Bertz CT molecular complexity index is 889. The summed E-state index contributed by atoms with van der Waals surface area (Å²) in [7, 11) is -4.63. The molecule has 0 aliphatic carbocycles. The molecule has 0 heterocycles. The molecule has 0 amide bonds.